The monoisotopic (exact) mass is 165 g/mol. The molecule has 0 aliphatic heterocycles. The summed E-state index contributed by atoms with van der Waals surface area (Å²) in [5, 5.41) is 9.72. The fraction of sp³-hybridized carbons (Fsp3) is 0.600. The lowest BCUT2D eigenvalue weighted by molar-refractivity contribution is 0.118. The molecule has 1 heterocycles. The first-order valence-corrected chi connectivity index (χ1v) is 4.67. The van der Waals surface area contributed by atoms with Gasteiger partial charge in [-0.15, -0.1) is 0 Å². The highest BCUT2D eigenvalue weighted by Crippen LogP contribution is 2.34. The van der Waals surface area contributed by atoms with Crippen LogP contribution in [0.2, 0.25) is 0 Å². The Morgan fingerprint density at radius 2 is 2.42 bits per heavy atom. The SMILES string of the molecule is OC(CC1CCC1)c1cc[nH]c1. The molecule has 1 unspecified atom stereocenters. The Morgan fingerprint density at radius 3 is 2.92 bits per heavy atom. The quantitative estimate of drug-likeness (QED) is 0.708. The zero-order valence-electron chi connectivity index (χ0n) is 7.16. The molecule has 1 aromatic heterocycles. The van der Waals surface area contributed by atoms with Crippen LogP contribution in [-0.4, -0.2) is 10.1 Å². The van der Waals surface area contributed by atoms with Gasteiger partial charge in [-0.05, 0) is 24.0 Å². The van der Waals surface area contributed by atoms with Gasteiger partial charge in [0.15, 0.2) is 0 Å². The Balaban J connectivity index is 1.87. The molecule has 1 aliphatic carbocycles. The van der Waals surface area contributed by atoms with Crippen LogP contribution in [0.25, 0.3) is 0 Å². The second-order valence-electron chi connectivity index (χ2n) is 3.69. The van der Waals surface area contributed by atoms with Gasteiger partial charge in [-0.25, -0.2) is 0 Å². The summed E-state index contributed by atoms with van der Waals surface area (Å²) in [5.41, 5.74) is 1.03. The van der Waals surface area contributed by atoms with Crippen molar-refractivity contribution in [3.8, 4) is 0 Å². The molecule has 1 atom stereocenters. The van der Waals surface area contributed by atoms with Gasteiger partial charge in [0.2, 0.25) is 0 Å². The predicted octanol–water partition coefficient (Wildman–Crippen LogP) is 2.24. The minimum atomic E-state index is -0.249. The lowest BCUT2D eigenvalue weighted by Crippen LogP contribution is -2.14. The van der Waals surface area contributed by atoms with E-state index in [1.165, 1.54) is 19.3 Å². The van der Waals surface area contributed by atoms with Crippen LogP contribution in [0.1, 0.15) is 37.4 Å². The Bertz CT molecular complexity index is 226. The van der Waals surface area contributed by atoms with Gasteiger partial charge < -0.3 is 10.1 Å². The van der Waals surface area contributed by atoms with Gasteiger partial charge in [0, 0.05) is 12.4 Å². The normalized spacial score (nSPS) is 20.4. The molecule has 1 saturated carbocycles. The molecule has 1 fully saturated rings. The van der Waals surface area contributed by atoms with Gasteiger partial charge >= 0.3 is 0 Å². The number of nitrogens with one attached hydrogen (secondary N) is 1. The summed E-state index contributed by atoms with van der Waals surface area (Å²) < 4.78 is 0. The number of hydrogen-bond donors (Lipinski definition) is 2. The fourth-order valence-electron chi connectivity index (χ4n) is 1.72. The number of aliphatic hydroxyl groups excluding tert-OH is 1. The molecule has 0 saturated heterocycles. The molecule has 2 nitrogen and oxygen atoms in total. The molecule has 2 heteroatoms. The average molecular weight is 165 g/mol. The van der Waals surface area contributed by atoms with Gasteiger partial charge in [-0.1, -0.05) is 19.3 Å². The van der Waals surface area contributed by atoms with Crippen LogP contribution in [0.15, 0.2) is 18.5 Å². The smallest absolute Gasteiger partial charge is 0.0807 e. The van der Waals surface area contributed by atoms with Crippen LogP contribution in [-0.2, 0) is 0 Å². The van der Waals surface area contributed by atoms with Crippen LogP contribution in [0.4, 0.5) is 0 Å². The summed E-state index contributed by atoms with van der Waals surface area (Å²) in [5.74, 6) is 0.773. The van der Waals surface area contributed by atoms with Crippen LogP contribution in [0.5, 0.6) is 0 Å². The van der Waals surface area contributed by atoms with Gasteiger partial charge in [-0.3, -0.25) is 0 Å². The van der Waals surface area contributed by atoms with Crippen molar-refractivity contribution in [2.75, 3.05) is 0 Å². The highest BCUT2D eigenvalue weighted by Gasteiger charge is 2.21. The van der Waals surface area contributed by atoms with Crippen molar-refractivity contribution >= 4 is 0 Å². The molecule has 12 heavy (non-hydrogen) atoms. The summed E-state index contributed by atoms with van der Waals surface area (Å²) in [6.07, 6.45) is 8.40. The number of aromatic amines is 1. The largest absolute Gasteiger partial charge is 0.388 e. The molecular formula is C10H15NO. The van der Waals surface area contributed by atoms with Crippen LogP contribution < -0.4 is 0 Å². The van der Waals surface area contributed by atoms with Crippen molar-refractivity contribution in [3.05, 3.63) is 24.0 Å². The summed E-state index contributed by atoms with van der Waals surface area (Å²) >= 11 is 0. The zero-order valence-corrected chi connectivity index (χ0v) is 7.16. The first-order valence-electron chi connectivity index (χ1n) is 4.67. The molecule has 0 amide bonds. The zero-order chi connectivity index (χ0) is 8.39. The average Bonchev–Trinajstić information content (AvgIpc) is 2.47. The van der Waals surface area contributed by atoms with Crippen molar-refractivity contribution in [1.29, 1.82) is 0 Å². The summed E-state index contributed by atoms with van der Waals surface area (Å²) in [7, 11) is 0. The Kier molecular flexibility index (Phi) is 2.17. The van der Waals surface area contributed by atoms with E-state index in [-0.39, 0.29) is 6.10 Å². The van der Waals surface area contributed by atoms with Crippen LogP contribution in [0.3, 0.4) is 0 Å². The standard InChI is InChI=1S/C10H15NO/c12-10(6-8-2-1-3-8)9-4-5-11-7-9/h4-5,7-8,10-12H,1-3,6H2. The lowest BCUT2D eigenvalue weighted by Gasteiger charge is -2.27. The van der Waals surface area contributed by atoms with Crippen molar-refractivity contribution in [2.45, 2.75) is 31.8 Å². The summed E-state index contributed by atoms with van der Waals surface area (Å²) in [6.45, 7) is 0. The highest BCUT2D eigenvalue weighted by molar-refractivity contribution is 5.11. The highest BCUT2D eigenvalue weighted by atomic mass is 16.3. The van der Waals surface area contributed by atoms with Crippen molar-refractivity contribution in [1.82, 2.24) is 4.98 Å². The molecule has 0 radical (unpaired) electrons. The van der Waals surface area contributed by atoms with Crippen molar-refractivity contribution in [3.63, 3.8) is 0 Å². The third-order valence-electron chi connectivity index (χ3n) is 2.79. The Labute approximate surface area is 72.6 Å². The van der Waals surface area contributed by atoms with Gasteiger partial charge in [0.1, 0.15) is 0 Å². The number of hydrogen-bond acceptors (Lipinski definition) is 1. The second kappa shape index (κ2) is 3.31. The summed E-state index contributed by atoms with van der Waals surface area (Å²) in [4.78, 5) is 2.96. The minimum Gasteiger partial charge on any atom is -0.388 e. The van der Waals surface area contributed by atoms with Crippen molar-refractivity contribution in [2.24, 2.45) is 5.92 Å². The van der Waals surface area contributed by atoms with Crippen LogP contribution in [0, 0.1) is 5.92 Å². The molecule has 0 spiro atoms. The second-order valence-corrected chi connectivity index (χ2v) is 3.69. The first-order chi connectivity index (χ1) is 5.86. The molecular weight excluding hydrogens is 150 g/mol. The molecule has 1 aromatic rings. The minimum absolute atomic E-state index is 0.249. The molecule has 0 aromatic carbocycles. The van der Waals surface area contributed by atoms with Crippen molar-refractivity contribution < 1.29 is 5.11 Å². The van der Waals surface area contributed by atoms with E-state index in [1.54, 1.807) is 0 Å². The van der Waals surface area contributed by atoms with Gasteiger partial charge in [-0.2, -0.15) is 0 Å². The Hall–Kier alpha value is -0.760. The van der Waals surface area contributed by atoms with E-state index >= 15 is 0 Å². The van der Waals surface area contributed by atoms with Crippen LogP contribution >= 0.6 is 0 Å². The van der Waals surface area contributed by atoms with E-state index in [1.807, 2.05) is 18.5 Å². The van der Waals surface area contributed by atoms with E-state index in [9.17, 15) is 5.11 Å². The third kappa shape index (κ3) is 1.53. The molecule has 2 rings (SSSR count). The van der Waals surface area contributed by atoms with E-state index in [4.69, 9.17) is 0 Å². The fourth-order valence-corrected chi connectivity index (χ4v) is 1.72. The first kappa shape index (κ1) is 7.87. The number of rotatable bonds is 3. The molecule has 0 bridgehead atoms. The molecule has 66 valence electrons. The molecule has 2 N–H and O–H groups in total. The van der Waals surface area contributed by atoms with E-state index < -0.39 is 0 Å². The van der Waals surface area contributed by atoms with Gasteiger partial charge in [0.05, 0.1) is 6.10 Å². The Morgan fingerprint density at radius 1 is 1.58 bits per heavy atom. The lowest BCUT2D eigenvalue weighted by atomic mass is 9.81. The summed E-state index contributed by atoms with van der Waals surface area (Å²) in [6, 6.07) is 1.95. The maximum absolute atomic E-state index is 9.72. The van der Waals surface area contributed by atoms with Gasteiger partial charge in [0.25, 0.3) is 0 Å². The maximum Gasteiger partial charge on any atom is 0.0807 e. The third-order valence-corrected chi connectivity index (χ3v) is 2.79. The van der Waals surface area contributed by atoms with E-state index in [2.05, 4.69) is 4.98 Å². The topological polar surface area (TPSA) is 36.0 Å². The van der Waals surface area contributed by atoms with E-state index in [0.29, 0.717) is 0 Å². The number of aliphatic hydroxyl groups is 1. The number of aromatic nitrogens is 1. The molecule has 1 aliphatic rings. The number of H-pyrrole nitrogens is 1. The predicted molar refractivity (Wildman–Crippen MR) is 47.7 cm³/mol. The maximum atomic E-state index is 9.72. The van der Waals surface area contributed by atoms with E-state index in [0.717, 1.165) is 17.9 Å².